The first-order chi connectivity index (χ1) is 14.7. The Bertz CT molecular complexity index is 1130. The zero-order chi connectivity index (χ0) is 22.4. The fourth-order valence-corrected chi connectivity index (χ4v) is 3.90. The summed E-state index contributed by atoms with van der Waals surface area (Å²) in [5, 5.41) is 2.80. The summed E-state index contributed by atoms with van der Waals surface area (Å²) in [5.41, 5.74) is 2.39. The smallest absolute Gasteiger partial charge is 0.251 e. The minimum Gasteiger partial charge on any atom is -0.352 e. The van der Waals surface area contributed by atoms with Crippen molar-refractivity contribution in [3.63, 3.8) is 0 Å². The van der Waals surface area contributed by atoms with E-state index in [1.54, 1.807) is 36.4 Å². The number of nitrogens with zero attached hydrogens (tertiary/aromatic N) is 1. The highest BCUT2D eigenvalue weighted by Gasteiger charge is 2.18. The van der Waals surface area contributed by atoms with E-state index in [0.29, 0.717) is 29.8 Å². The van der Waals surface area contributed by atoms with Crippen LogP contribution < -0.4 is 9.62 Å². The highest BCUT2D eigenvalue weighted by molar-refractivity contribution is 7.92. The molecule has 0 saturated heterocycles. The van der Waals surface area contributed by atoms with Gasteiger partial charge in [-0.3, -0.25) is 9.10 Å². The number of hydrogen-bond acceptors (Lipinski definition) is 3. The fourth-order valence-electron chi connectivity index (χ4n) is 3.01. The van der Waals surface area contributed by atoms with Gasteiger partial charge >= 0.3 is 0 Å². The predicted octanol–water partition coefficient (Wildman–Crippen LogP) is 3.90. The minimum atomic E-state index is -3.59. The lowest BCUT2D eigenvalue weighted by Crippen LogP contribution is -2.29. The van der Waals surface area contributed by atoms with E-state index in [1.165, 1.54) is 40.7 Å². The molecule has 0 fully saturated rings. The van der Waals surface area contributed by atoms with Crippen molar-refractivity contribution in [2.75, 3.05) is 17.1 Å². The highest BCUT2D eigenvalue weighted by atomic mass is 32.2. The van der Waals surface area contributed by atoms with Crippen molar-refractivity contribution in [3.05, 3.63) is 101 Å². The summed E-state index contributed by atoms with van der Waals surface area (Å²) in [7, 11) is -3.59. The zero-order valence-corrected chi connectivity index (χ0v) is 17.7. The van der Waals surface area contributed by atoms with Crippen molar-refractivity contribution in [1.82, 2.24) is 5.32 Å². The molecule has 0 radical (unpaired) electrons. The van der Waals surface area contributed by atoms with Crippen LogP contribution in [-0.2, 0) is 23.0 Å². The monoisotopic (exact) mass is 444 g/mol. The molecule has 3 aromatic carbocycles. The topological polar surface area (TPSA) is 66.5 Å². The minimum absolute atomic E-state index is 0.0525. The van der Waals surface area contributed by atoms with Crippen LogP contribution in [0.25, 0.3) is 0 Å². The second kappa shape index (κ2) is 9.70. The van der Waals surface area contributed by atoms with Gasteiger partial charge < -0.3 is 5.32 Å². The molecular weight excluding hydrogens is 422 g/mol. The van der Waals surface area contributed by atoms with E-state index < -0.39 is 15.8 Å². The number of amides is 1. The molecule has 0 aromatic heterocycles. The van der Waals surface area contributed by atoms with E-state index in [9.17, 15) is 22.0 Å². The van der Waals surface area contributed by atoms with Crippen molar-refractivity contribution >= 4 is 21.6 Å². The average molecular weight is 445 g/mol. The van der Waals surface area contributed by atoms with Gasteiger partial charge in [-0.1, -0.05) is 24.3 Å². The number of halogens is 2. The van der Waals surface area contributed by atoms with E-state index >= 15 is 0 Å². The molecule has 162 valence electrons. The summed E-state index contributed by atoms with van der Waals surface area (Å²) in [5.74, 6) is -1.01. The molecule has 0 saturated carbocycles. The number of nitrogens with one attached hydrogen (secondary N) is 1. The number of sulfonamides is 1. The zero-order valence-electron chi connectivity index (χ0n) is 16.9. The normalized spacial score (nSPS) is 11.2. The van der Waals surface area contributed by atoms with Crippen LogP contribution >= 0.6 is 0 Å². The first kappa shape index (κ1) is 22.4. The lowest BCUT2D eigenvalue weighted by molar-refractivity contribution is 0.0954. The van der Waals surface area contributed by atoms with E-state index in [2.05, 4.69) is 5.32 Å². The van der Waals surface area contributed by atoms with Gasteiger partial charge in [0.1, 0.15) is 11.6 Å². The van der Waals surface area contributed by atoms with Crippen molar-refractivity contribution in [1.29, 1.82) is 0 Å². The maximum Gasteiger partial charge on any atom is 0.251 e. The van der Waals surface area contributed by atoms with Crippen molar-refractivity contribution in [3.8, 4) is 0 Å². The number of carbonyl (C=O) groups is 1. The molecule has 3 aromatic rings. The van der Waals surface area contributed by atoms with Gasteiger partial charge in [0.15, 0.2) is 0 Å². The van der Waals surface area contributed by atoms with Crippen molar-refractivity contribution in [2.24, 2.45) is 0 Å². The fraction of sp³-hybridized carbons (Fsp3) is 0.174. The summed E-state index contributed by atoms with van der Waals surface area (Å²) < 4.78 is 51.7. The van der Waals surface area contributed by atoms with Crippen LogP contribution in [0.4, 0.5) is 14.5 Å². The summed E-state index contributed by atoms with van der Waals surface area (Å²) in [4.78, 5) is 12.3. The molecule has 0 atom stereocenters. The van der Waals surface area contributed by atoms with E-state index in [1.807, 2.05) is 0 Å². The molecule has 31 heavy (non-hydrogen) atoms. The Labute approximate surface area is 180 Å². The van der Waals surface area contributed by atoms with E-state index in [-0.39, 0.29) is 18.3 Å². The van der Waals surface area contributed by atoms with Gasteiger partial charge in [0.05, 0.1) is 18.5 Å². The number of hydrogen-bond donors (Lipinski definition) is 1. The molecule has 5 nitrogen and oxygen atoms in total. The van der Waals surface area contributed by atoms with Crippen LogP contribution in [0.15, 0.2) is 72.8 Å². The number of anilines is 1. The highest BCUT2D eigenvalue weighted by Crippen LogP contribution is 2.21. The number of benzene rings is 3. The maximum absolute atomic E-state index is 13.2. The van der Waals surface area contributed by atoms with Gasteiger partial charge in [-0.15, -0.1) is 0 Å². The Hall–Kier alpha value is -3.26. The van der Waals surface area contributed by atoms with Gasteiger partial charge in [-0.05, 0) is 66.1 Å². The molecule has 0 aliphatic rings. The Balaban J connectivity index is 1.62. The van der Waals surface area contributed by atoms with E-state index in [4.69, 9.17) is 0 Å². The standard InChI is InChI=1S/C23H22F2N2O3S/c1-31(29,30)27(22-12-10-21(25)11-13-22)16-18-2-6-19(7-3-18)23(28)26-15-14-17-4-8-20(24)9-5-17/h2-13H,14-16H2,1H3,(H,26,28). The van der Waals surface area contributed by atoms with Crippen LogP contribution in [0.2, 0.25) is 0 Å². The number of rotatable bonds is 8. The van der Waals surface area contributed by atoms with Gasteiger partial charge in [-0.2, -0.15) is 0 Å². The molecule has 0 aliphatic carbocycles. The van der Waals surface area contributed by atoms with Crippen molar-refractivity contribution in [2.45, 2.75) is 13.0 Å². The second-order valence-electron chi connectivity index (χ2n) is 7.08. The Morgan fingerprint density at radius 2 is 1.35 bits per heavy atom. The summed E-state index contributed by atoms with van der Waals surface area (Å²) in [6.45, 7) is 0.454. The van der Waals surface area contributed by atoms with E-state index in [0.717, 1.165) is 11.8 Å². The first-order valence-electron chi connectivity index (χ1n) is 9.57. The molecule has 0 bridgehead atoms. The summed E-state index contributed by atoms with van der Waals surface area (Å²) >= 11 is 0. The molecule has 1 N–H and O–H groups in total. The quantitative estimate of drug-likeness (QED) is 0.573. The third-order valence-electron chi connectivity index (χ3n) is 4.67. The average Bonchev–Trinajstić information content (AvgIpc) is 2.74. The van der Waals surface area contributed by atoms with Crippen LogP contribution in [0.5, 0.6) is 0 Å². The lowest BCUT2D eigenvalue weighted by atomic mass is 10.1. The molecule has 0 heterocycles. The van der Waals surface area contributed by atoms with Crippen LogP contribution in [0.3, 0.4) is 0 Å². The maximum atomic E-state index is 13.2. The Kier molecular flexibility index (Phi) is 7.02. The Morgan fingerprint density at radius 3 is 1.90 bits per heavy atom. The van der Waals surface area contributed by atoms with Gasteiger partial charge in [-0.25, -0.2) is 17.2 Å². The first-order valence-corrected chi connectivity index (χ1v) is 11.4. The molecule has 1 amide bonds. The van der Waals surface area contributed by atoms with Crippen LogP contribution in [0.1, 0.15) is 21.5 Å². The predicted molar refractivity (Wildman–Crippen MR) is 116 cm³/mol. The van der Waals surface area contributed by atoms with Crippen molar-refractivity contribution < 1.29 is 22.0 Å². The van der Waals surface area contributed by atoms with Gasteiger partial charge in [0, 0.05) is 12.1 Å². The molecule has 0 spiro atoms. The number of carbonyl (C=O) groups excluding carboxylic acids is 1. The second-order valence-corrected chi connectivity index (χ2v) is 8.98. The molecule has 3 rings (SSSR count). The molecule has 0 aliphatic heterocycles. The largest absolute Gasteiger partial charge is 0.352 e. The third kappa shape index (κ3) is 6.36. The van der Waals surface area contributed by atoms with Crippen LogP contribution in [0, 0.1) is 11.6 Å². The lowest BCUT2D eigenvalue weighted by Gasteiger charge is -2.22. The Morgan fingerprint density at radius 1 is 0.839 bits per heavy atom. The molecular formula is C23H22F2N2O3S. The summed E-state index contributed by atoms with van der Waals surface area (Å²) in [6.07, 6.45) is 1.66. The molecule has 0 unspecified atom stereocenters. The summed E-state index contributed by atoms with van der Waals surface area (Å²) in [6, 6.07) is 17.9. The molecule has 8 heteroatoms. The van der Waals surface area contributed by atoms with Gasteiger partial charge in [0.25, 0.3) is 5.91 Å². The SMILES string of the molecule is CS(=O)(=O)N(Cc1ccc(C(=O)NCCc2ccc(F)cc2)cc1)c1ccc(F)cc1. The third-order valence-corrected chi connectivity index (χ3v) is 5.81. The van der Waals surface area contributed by atoms with Gasteiger partial charge in [0.2, 0.25) is 10.0 Å². The van der Waals surface area contributed by atoms with Crippen LogP contribution in [-0.4, -0.2) is 27.1 Å².